The van der Waals surface area contributed by atoms with E-state index in [-0.39, 0.29) is 5.91 Å². The highest BCUT2D eigenvalue weighted by molar-refractivity contribution is 6.04. The summed E-state index contributed by atoms with van der Waals surface area (Å²) in [5.74, 6) is 0.603. The molecule has 0 unspecified atom stereocenters. The normalized spacial score (nSPS) is 10.3. The molecule has 0 fully saturated rings. The number of carbonyl (C=O) groups is 2. The van der Waals surface area contributed by atoms with Crippen LogP contribution < -0.4 is 20.5 Å². The van der Waals surface area contributed by atoms with Gasteiger partial charge in [-0.25, -0.2) is 4.98 Å². The number of pyridine rings is 1. The molecule has 1 heterocycles. The number of carbonyl (C=O) groups excluding carboxylic acids is 2. The van der Waals surface area contributed by atoms with Gasteiger partial charge in [-0.3, -0.25) is 9.59 Å². The fraction of sp³-hybridized carbons (Fsp3) is 0.136. The number of rotatable bonds is 9. The smallest absolute Gasteiger partial charge is 0.255 e. The number of anilines is 1. The lowest BCUT2D eigenvalue weighted by molar-refractivity contribution is 0.0997. The van der Waals surface area contributed by atoms with Crippen molar-refractivity contribution < 1.29 is 23.8 Å². The Morgan fingerprint density at radius 3 is 2.17 bits per heavy atom. The van der Waals surface area contributed by atoms with Gasteiger partial charge in [-0.05, 0) is 60.7 Å². The first-order valence-corrected chi connectivity index (χ1v) is 9.12. The molecule has 0 bridgehead atoms. The first-order valence-electron chi connectivity index (χ1n) is 9.12. The number of benzene rings is 2. The van der Waals surface area contributed by atoms with Gasteiger partial charge in [0, 0.05) is 24.4 Å². The highest BCUT2D eigenvalue weighted by Gasteiger charge is 2.11. The standard InChI is InChI=1S/C22H21N3O5/c1-28-13-14-29-22-19(3-2-12-24-22)25-21(27)16-6-10-18(11-7-16)30-17-8-4-15(5-9-17)20(23)26/h2-12H,13-14H2,1H3,(H2,23,26)(H,25,27). The summed E-state index contributed by atoms with van der Waals surface area (Å²) in [7, 11) is 1.58. The fourth-order valence-corrected chi connectivity index (χ4v) is 2.51. The molecule has 0 atom stereocenters. The molecule has 0 aliphatic heterocycles. The maximum Gasteiger partial charge on any atom is 0.255 e. The molecule has 0 aliphatic rings. The van der Waals surface area contributed by atoms with Gasteiger partial charge in [-0.1, -0.05) is 0 Å². The zero-order valence-electron chi connectivity index (χ0n) is 16.3. The largest absolute Gasteiger partial charge is 0.474 e. The number of nitrogens with zero attached hydrogens (tertiary/aromatic N) is 1. The Morgan fingerprint density at radius 2 is 1.57 bits per heavy atom. The van der Waals surface area contributed by atoms with Gasteiger partial charge in [0.25, 0.3) is 5.91 Å². The van der Waals surface area contributed by atoms with Crippen LogP contribution in [0, 0.1) is 0 Å². The van der Waals surface area contributed by atoms with Crippen LogP contribution >= 0.6 is 0 Å². The summed E-state index contributed by atoms with van der Waals surface area (Å²) in [6.07, 6.45) is 1.58. The molecule has 0 aliphatic carbocycles. The molecule has 0 radical (unpaired) electrons. The van der Waals surface area contributed by atoms with Crippen molar-refractivity contribution >= 4 is 17.5 Å². The predicted molar refractivity (Wildman–Crippen MR) is 111 cm³/mol. The van der Waals surface area contributed by atoms with E-state index in [0.717, 1.165) is 0 Å². The van der Waals surface area contributed by atoms with Crippen LogP contribution in [0.4, 0.5) is 5.69 Å². The number of aromatic nitrogens is 1. The molecule has 2 aromatic carbocycles. The Bertz CT molecular complexity index is 1000. The molecule has 2 amide bonds. The van der Waals surface area contributed by atoms with Crippen LogP contribution in [0.5, 0.6) is 17.4 Å². The lowest BCUT2D eigenvalue weighted by atomic mass is 10.2. The predicted octanol–water partition coefficient (Wildman–Crippen LogP) is 3.25. The molecule has 8 heteroatoms. The third-order valence-electron chi connectivity index (χ3n) is 4.04. The van der Waals surface area contributed by atoms with E-state index >= 15 is 0 Å². The van der Waals surface area contributed by atoms with Crippen LogP contribution in [-0.2, 0) is 4.74 Å². The number of nitrogens with one attached hydrogen (secondary N) is 1. The third-order valence-corrected chi connectivity index (χ3v) is 4.04. The Morgan fingerprint density at radius 1 is 0.933 bits per heavy atom. The highest BCUT2D eigenvalue weighted by Crippen LogP contribution is 2.24. The Balaban J connectivity index is 1.63. The van der Waals surface area contributed by atoms with Crippen molar-refractivity contribution in [3.05, 3.63) is 78.0 Å². The van der Waals surface area contributed by atoms with E-state index in [9.17, 15) is 9.59 Å². The van der Waals surface area contributed by atoms with Crippen molar-refractivity contribution in [2.45, 2.75) is 0 Å². The van der Waals surface area contributed by atoms with E-state index in [1.807, 2.05) is 0 Å². The Kier molecular flexibility index (Phi) is 6.96. The number of primary amides is 1. The Labute approximate surface area is 173 Å². The van der Waals surface area contributed by atoms with E-state index in [2.05, 4.69) is 10.3 Å². The van der Waals surface area contributed by atoms with Gasteiger partial charge in [0.05, 0.1) is 6.61 Å². The summed E-state index contributed by atoms with van der Waals surface area (Å²) in [5.41, 5.74) is 6.53. The average molecular weight is 407 g/mol. The van der Waals surface area contributed by atoms with Gasteiger partial charge in [-0.15, -0.1) is 0 Å². The maximum atomic E-state index is 12.6. The van der Waals surface area contributed by atoms with Gasteiger partial charge in [0.1, 0.15) is 23.8 Å². The van der Waals surface area contributed by atoms with Gasteiger partial charge in [0.2, 0.25) is 11.8 Å². The Hall–Kier alpha value is -3.91. The van der Waals surface area contributed by atoms with Gasteiger partial charge in [0.15, 0.2) is 0 Å². The van der Waals surface area contributed by atoms with Crippen LogP contribution in [0.25, 0.3) is 0 Å². The molecule has 0 spiro atoms. The molecule has 3 aromatic rings. The van der Waals surface area contributed by atoms with Gasteiger partial charge >= 0.3 is 0 Å². The summed E-state index contributed by atoms with van der Waals surface area (Å²) in [4.78, 5) is 27.8. The minimum Gasteiger partial charge on any atom is -0.474 e. The van der Waals surface area contributed by atoms with E-state index < -0.39 is 5.91 Å². The molecule has 0 saturated carbocycles. The van der Waals surface area contributed by atoms with Crippen LogP contribution in [0.3, 0.4) is 0 Å². The topological polar surface area (TPSA) is 113 Å². The van der Waals surface area contributed by atoms with E-state index in [4.69, 9.17) is 19.9 Å². The summed E-state index contributed by atoms with van der Waals surface area (Å²) < 4.78 is 16.2. The van der Waals surface area contributed by atoms with Crippen molar-refractivity contribution in [1.82, 2.24) is 4.98 Å². The van der Waals surface area contributed by atoms with Crippen LogP contribution in [0.15, 0.2) is 66.9 Å². The van der Waals surface area contributed by atoms with Crippen LogP contribution in [0.1, 0.15) is 20.7 Å². The minimum atomic E-state index is -0.502. The van der Waals surface area contributed by atoms with Crippen molar-refractivity contribution in [1.29, 1.82) is 0 Å². The first kappa shape index (κ1) is 20.8. The second kappa shape index (κ2) is 10.0. The molecule has 8 nitrogen and oxygen atoms in total. The molecule has 154 valence electrons. The number of nitrogens with two attached hydrogens (primary N) is 1. The summed E-state index contributed by atoms with van der Waals surface area (Å²) >= 11 is 0. The van der Waals surface area contributed by atoms with Crippen molar-refractivity contribution in [3.8, 4) is 17.4 Å². The number of ether oxygens (including phenoxy) is 3. The van der Waals surface area contributed by atoms with Crippen molar-refractivity contribution in [2.24, 2.45) is 5.73 Å². The molecule has 3 rings (SSSR count). The third kappa shape index (κ3) is 5.55. The van der Waals surface area contributed by atoms with E-state index in [1.165, 1.54) is 0 Å². The number of amides is 2. The van der Waals surface area contributed by atoms with Gasteiger partial charge < -0.3 is 25.3 Å². The number of hydrogen-bond donors (Lipinski definition) is 2. The first-order chi connectivity index (χ1) is 14.6. The molecule has 30 heavy (non-hydrogen) atoms. The average Bonchev–Trinajstić information content (AvgIpc) is 2.76. The molecular formula is C22H21N3O5. The van der Waals surface area contributed by atoms with Crippen molar-refractivity contribution in [2.75, 3.05) is 25.6 Å². The number of hydrogen-bond acceptors (Lipinski definition) is 6. The van der Waals surface area contributed by atoms with E-state index in [0.29, 0.717) is 47.4 Å². The fourth-order valence-electron chi connectivity index (χ4n) is 2.51. The summed E-state index contributed by atoms with van der Waals surface area (Å²) in [6.45, 7) is 0.736. The second-order valence-corrected chi connectivity index (χ2v) is 6.17. The zero-order chi connectivity index (χ0) is 21.3. The SMILES string of the molecule is COCCOc1ncccc1NC(=O)c1ccc(Oc2ccc(C(N)=O)cc2)cc1. The van der Waals surface area contributed by atoms with Crippen molar-refractivity contribution in [3.63, 3.8) is 0 Å². The second-order valence-electron chi connectivity index (χ2n) is 6.17. The molecule has 3 N–H and O–H groups in total. The lowest BCUT2D eigenvalue weighted by Crippen LogP contribution is -2.14. The highest BCUT2D eigenvalue weighted by atomic mass is 16.5. The lowest BCUT2D eigenvalue weighted by Gasteiger charge is -2.11. The quantitative estimate of drug-likeness (QED) is 0.527. The summed E-state index contributed by atoms with van der Waals surface area (Å²) in [5, 5.41) is 2.79. The number of methoxy groups -OCH3 is 1. The summed E-state index contributed by atoms with van der Waals surface area (Å²) in [6, 6.07) is 16.5. The monoisotopic (exact) mass is 407 g/mol. The molecule has 0 saturated heterocycles. The molecule has 1 aromatic heterocycles. The zero-order valence-corrected chi connectivity index (χ0v) is 16.3. The molecular weight excluding hydrogens is 386 g/mol. The van der Waals surface area contributed by atoms with Gasteiger partial charge in [-0.2, -0.15) is 0 Å². The minimum absolute atomic E-state index is 0.308. The van der Waals surface area contributed by atoms with Crippen LogP contribution in [0.2, 0.25) is 0 Å². The van der Waals surface area contributed by atoms with Crippen LogP contribution in [-0.4, -0.2) is 37.1 Å². The maximum absolute atomic E-state index is 12.6. The van der Waals surface area contributed by atoms with E-state index in [1.54, 1.807) is 74.0 Å².